The number of nitrogens with one attached hydrogen (secondary N) is 2. The topological polar surface area (TPSA) is 71.1 Å². The average molecular weight is 245 g/mol. The van der Waals surface area contributed by atoms with E-state index in [1.54, 1.807) is 0 Å². The van der Waals surface area contributed by atoms with Crippen LogP contribution in [0.25, 0.3) is 0 Å². The van der Waals surface area contributed by atoms with Crippen LogP contribution in [0.1, 0.15) is 17.3 Å². The number of urea groups is 1. The lowest BCUT2D eigenvalue weighted by molar-refractivity contribution is -0.142. The van der Waals surface area contributed by atoms with E-state index in [0.717, 1.165) is 12.3 Å². The molecule has 0 aromatic carbocycles. The highest BCUT2D eigenvalue weighted by atomic mass is 19.4. The summed E-state index contributed by atoms with van der Waals surface area (Å²) in [4.78, 5) is 25.3. The van der Waals surface area contributed by atoms with Crippen LogP contribution in [-0.2, 0) is 11.0 Å². The van der Waals surface area contributed by atoms with E-state index in [9.17, 15) is 22.8 Å². The SMILES string of the molecule is O=C1NC(=O)C(c2cccnc2C(F)(F)F)N1. The number of hydrogen-bond acceptors (Lipinski definition) is 3. The Bertz CT molecular complexity index is 487. The second kappa shape index (κ2) is 3.72. The van der Waals surface area contributed by atoms with E-state index in [1.165, 1.54) is 6.07 Å². The van der Waals surface area contributed by atoms with Crippen molar-refractivity contribution >= 4 is 11.9 Å². The number of carbonyl (C=O) groups is 2. The van der Waals surface area contributed by atoms with Crippen LogP contribution in [0.15, 0.2) is 18.3 Å². The van der Waals surface area contributed by atoms with Crippen LogP contribution in [0.4, 0.5) is 18.0 Å². The first kappa shape index (κ1) is 11.4. The molecule has 0 radical (unpaired) electrons. The smallest absolute Gasteiger partial charge is 0.322 e. The molecule has 1 fully saturated rings. The molecule has 5 nitrogen and oxygen atoms in total. The highest BCUT2D eigenvalue weighted by Crippen LogP contribution is 2.33. The van der Waals surface area contributed by atoms with Crippen molar-refractivity contribution in [3.8, 4) is 0 Å². The van der Waals surface area contributed by atoms with E-state index in [1.807, 2.05) is 5.32 Å². The van der Waals surface area contributed by atoms with Gasteiger partial charge in [-0.1, -0.05) is 6.07 Å². The Balaban J connectivity index is 2.46. The molecule has 1 aliphatic rings. The molecular formula is C9H6F3N3O2. The van der Waals surface area contributed by atoms with Crippen LogP contribution in [-0.4, -0.2) is 16.9 Å². The third kappa shape index (κ3) is 2.05. The van der Waals surface area contributed by atoms with Gasteiger partial charge in [0, 0.05) is 11.8 Å². The summed E-state index contributed by atoms with van der Waals surface area (Å²) in [5.74, 6) is -0.825. The molecule has 1 unspecified atom stereocenters. The fraction of sp³-hybridized carbons (Fsp3) is 0.222. The van der Waals surface area contributed by atoms with E-state index < -0.39 is 29.9 Å². The van der Waals surface area contributed by atoms with Gasteiger partial charge in [-0.2, -0.15) is 13.2 Å². The van der Waals surface area contributed by atoms with Crippen molar-refractivity contribution in [2.24, 2.45) is 0 Å². The van der Waals surface area contributed by atoms with Crippen molar-refractivity contribution < 1.29 is 22.8 Å². The third-order valence-corrected chi connectivity index (χ3v) is 2.19. The van der Waals surface area contributed by atoms with Gasteiger partial charge < -0.3 is 5.32 Å². The maximum absolute atomic E-state index is 12.6. The second-order valence-electron chi connectivity index (χ2n) is 3.33. The zero-order chi connectivity index (χ0) is 12.6. The second-order valence-corrected chi connectivity index (χ2v) is 3.33. The summed E-state index contributed by atoms with van der Waals surface area (Å²) in [6.07, 6.45) is -3.70. The number of amides is 3. The number of rotatable bonds is 1. The summed E-state index contributed by atoms with van der Waals surface area (Å²) in [5.41, 5.74) is -1.55. The quantitative estimate of drug-likeness (QED) is 0.724. The maximum atomic E-state index is 12.6. The molecule has 1 aliphatic heterocycles. The van der Waals surface area contributed by atoms with Gasteiger partial charge in [-0.15, -0.1) is 0 Å². The van der Waals surface area contributed by atoms with Crippen LogP contribution in [0.3, 0.4) is 0 Å². The minimum absolute atomic E-state index is 0.372. The van der Waals surface area contributed by atoms with Gasteiger partial charge in [0.15, 0.2) is 0 Å². The number of aromatic nitrogens is 1. The van der Waals surface area contributed by atoms with Crippen molar-refractivity contribution in [1.82, 2.24) is 15.6 Å². The van der Waals surface area contributed by atoms with Gasteiger partial charge in [-0.25, -0.2) is 4.79 Å². The normalized spacial score (nSPS) is 20.1. The largest absolute Gasteiger partial charge is 0.433 e. The molecule has 2 rings (SSSR count). The molecule has 8 heteroatoms. The standard InChI is InChI=1S/C9H6F3N3O2/c10-9(11,12)6-4(2-1-3-13-6)5-7(16)15-8(17)14-5/h1-3,5H,(H2,14,15,16,17). The number of hydrogen-bond donors (Lipinski definition) is 2. The fourth-order valence-corrected chi connectivity index (χ4v) is 1.52. The van der Waals surface area contributed by atoms with Gasteiger partial charge in [-0.05, 0) is 6.07 Å². The lowest BCUT2D eigenvalue weighted by Gasteiger charge is -2.14. The summed E-state index contributed by atoms with van der Waals surface area (Å²) in [5, 5.41) is 3.95. The summed E-state index contributed by atoms with van der Waals surface area (Å²) in [6, 6.07) is 0.193. The Morgan fingerprint density at radius 2 is 2.00 bits per heavy atom. The highest BCUT2D eigenvalue weighted by Gasteiger charge is 2.41. The number of imide groups is 1. The van der Waals surface area contributed by atoms with Crippen molar-refractivity contribution in [2.45, 2.75) is 12.2 Å². The van der Waals surface area contributed by atoms with Crippen molar-refractivity contribution in [2.75, 3.05) is 0 Å². The van der Waals surface area contributed by atoms with Gasteiger partial charge in [0.2, 0.25) is 0 Å². The minimum atomic E-state index is -4.68. The van der Waals surface area contributed by atoms with Gasteiger partial charge in [0.05, 0.1) is 0 Å². The monoisotopic (exact) mass is 245 g/mol. The molecule has 1 aromatic heterocycles. The zero-order valence-corrected chi connectivity index (χ0v) is 8.21. The summed E-state index contributed by atoms with van der Waals surface area (Å²) < 4.78 is 37.9. The first-order valence-corrected chi connectivity index (χ1v) is 4.53. The Morgan fingerprint density at radius 1 is 1.29 bits per heavy atom. The van der Waals surface area contributed by atoms with Crippen LogP contribution >= 0.6 is 0 Å². The molecule has 2 N–H and O–H groups in total. The number of pyridine rings is 1. The number of halogens is 3. The van der Waals surface area contributed by atoms with E-state index >= 15 is 0 Å². The first-order chi connectivity index (χ1) is 7.89. The number of carbonyl (C=O) groups excluding carboxylic acids is 2. The highest BCUT2D eigenvalue weighted by molar-refractivity contribution is 6.04. The van der Waals surface area contributed by atoms with Crippen LogP contribution in [0.2, 0.25) is 0 Å². The van der Waals surface area contributed by atoms with E-state index in [4.69, 9.17) is 0 Å². The van der Waals surface area contributed by atoms with Crippen molar-refractivity contribution in [1.29, 1.82) is 0 Å². The Labute approximate surface area is 93.0 Å². The van der Waals surface area contributed by atoms with Crippen molar-refractivity contribution in [3.63, 3.8) is 0 Å². The van der Waals surface area contributed by atoms with Crippen molar-refractivity contribution in [3.05, 3.63) is 29.6 Å². The first-order valence-electron chi connectivity index (χ1n) is 4.53. The fourth-order valence-electron chi connectivity index (χ4n) is 1.52. The molecule has 17 heavy (non-hydrogen) atoms. The third-order valence-electron chi connectivity index (χ3n) is 2.19. The van der Waals surface area contributed by atoms with Crippen LogP contribution < -0.4 is 10.6 Å². The summed E-state index contributed by atoms with van der Waals surface area (Å²) in [7, 11) is 0. The van der Waals surface area contributed by atoms with Crippen LogP contribution in [0.5, 0.6) is 0 Å². The molecule has 0 saturated carbocycles. The van der Waals surface area contributed by atoms with Gasteiger partial charge >= 0.3 is 12.2 Å². The predicted octanol–water partition coefficient (Wildman–Crippen LogP) is 0.981. The van der Waals surface area contributed by atoms with E-state index in [-0.39, 0.29) is 5.56 Å². The molecule has 1 aromatic rings. The molecule has 1 atom stereocenters. The van der Waals surface area contributed by atoms with Gasteiger partial charge in [-0.3, -0.25) is 15.1 Å². The predicted molar refractivity (Wildman–Crippen MR) is 48.7 cm³/mol. The molecule has 3 amide bonds. The Kier molecular flexibility index (Phi) is 2.49. The molecule has 1 saturated heterocycles. The van der Waals surface area contributed by atoms with E-state index in [0.29, 0.717) is 0 Å². The lowest BCUT2D eigenvalue weighted by atomic mass is 10.1. The number of alkyl halides is 3. The summed E-state index contributed by atoms with van der Waals surface area (Å²) >= 11 is 0. The average Bonchev–Trinajstić information content (AvgIpc) is 2.56. The number of nitrogens with zero attached hydrogens (tertiary/aromatic N) is 1. The lowest BCUT2D eigenvalue weighted by Crippen LogP contribution is -2.24. The Hall–Kier alpha value is -2.12. The minimum Gasteiger partial charge on any atom is -0.322 e. The van der Waals surface area contributed by atoms with E-state index in [2.05, 4.69) is 10.3 Å². The summed E-state index contributed by atoms with van der Waals surface area (Å²) in [6.45, 7) is 0. The molecule has 2 heterocycles. The molecule has 0 spiro atoms. The maximum Gasteiger partial charge on any atom is 0.433 e. The molecule has 0 aliphatic carbocycles. The van der Waals surface area contributed by atoms with Gasteiger partial charge in [0.25, 0.3) is 5.91 Å². The van der Waals surface area contributed by atoms with Gasteiger partial charge in [0.1, 0.15) is 11.7 Å². The molecular weight excluding hydrogens is 239 g/mol. The Morgan fingerprint density at radius 3 is 2.53 bits per heavy atom. The molecule has 0 bridgehead atoms. The molecule has 90 valence electrons. The van der Waals surface area contributed by atoms with Crippen LogP contribution in [0, 0.1) is 0 Å². The zero-order valence-electron chi connectivity index (χ0n) is 8.21.